The Balaban J connectivity index is 2.09. The minimum Gasteiger partial charge on any atom is -0.394 e. The molecule has 0 saturated carbocycles. The maximum atomic E-state index is 10.5. The van der Waals surface area contributed by atoms with Crippen molar-refractivity contribution in [2.45, 2.75) is 31.0 Å². The molecule has 2 aromatic rings. The van der Waals surface area contributed by atoms with Gasteiger partial charge in [-0.2, -0.15) is 0 Å². The highest BCUT2D eigenvalue weighted by Crippen LogP contribution is 2.39. The van der Waals surface area contributed by atoms with Crippen LogP contribution in [-0.2, 0) is 4.74 Å². The van der Waals surface area contributed by atoms with Crippen molar-refractivity contribution in [1.29, 1.82) is 0 Å². The first-order valence-electron chi connectivity index (χ1n) is 6.39. The van der Waals surface area contributed by atoms with E-state index in [0.29, 0.717) is 11.0 Å². The third kappa shape index (κ3) is 1.98. The number of nitrogens with one attached hydrogen (secondary N) is 1. The van der Waals surface area contributed by atoms with Gasteiger partial charge in [0, 0.05) is 6.20 Å². The van der Waals surface area contributed by atoms with Crippen LogP contribution in [0, 0.1) is 0 Å². The monoisotopic (exact) mass is 296 g/mol. The van der Waals surface area contributed by atoms with Crippen LogP contribution in [0.2, 0.25) is 0 Å². The molecule has 3 rings (SSSR count). The Hall–Kier alpha value is -1.78. The summed E-state index contributed by atoms with van der Waals surface area (Å²) in [7, 11) is 0. The van der Waals surface area contributed by atoms with Crippen LogP contribution >= 0.6 is 0 Å². The first kappa shape index (κ1) is 14.2. The molecule has 3 heterocycles. The van der Waals surface area contributed by atoms with Gasteiger partial charge in [-0.25, -0.2) is 9.97 Å². The molecule has 0 aliphatic carbocycles. The molecule has 0 aromatic carbocycles. The Kier molecular flexibility index (Phi) is 3.30. The van der Waals surface area contributed by atoms with Crippen molar-refractivity contribution in [1.82, 2.24) is 14.5 Å². The van der Waals surface area contributed by atoms with Gasteiger partial charge in [0.2, 0.25) is 0 Å². The summed E-state index contributed by atoms with van der Waals surface area (Å²) < 4.78 is 7.06. The van der Waals surface area contributed by atoms with Gasteiger partial charge in [-0.3, -0.25) is 10.7 Å². The lowest BCUT2D eigenvalue weighted by atomic mass is 9.96. The molecule has 0 amide bonds. The number of hydrogen-bond donors (Lipinski definition) is 5. The summed E-state index contributed by atoms with van der Waals surface area (Å²) in [6, 6.07) is 1.64. The number of ether oxygens (including phenoxy) is 1. The van der Waals surface area contributed by atoms with Crippen LogP contribution in [0.5, 0.6) is 0 Å². The van der Waals surface area contributed by atoms with Gasteiger partial charge in [0.15, 0.2) is 12.0 Å². The lowest BCUT2D eigenvalue weighted by Crippen LogP contribution is -2.44. The molecular weight excluding hydrogens is 280 g/mol. The van der Waals surface area contributed by atoms with Crippen molar-refractivity contribution in [2.24, 2.45) is 0 Å². The third-order valence-electron chi connectivity index (χ3n) is 3.80. The van der Waals surface area contributed by atoms with Crippen molar-refractivity contribution < 1.29 is 25.3 Å². The fourth-order valence-corrected chi connectivity index (χ4v) is 2.64. The lowest BCUT2D eigenvalue weighted by molar-refractivity contribution is -0.0948. The predicted molar refractivity (Wildman–Crippen MR) is 70.6 cm³/mol. The second kappa shape index (κ2) is 4.90. The molecule has 9 heteroatoms. The van der Waals surface area contributed by atoms with Gasteiger partial charge >= 0.3 is 0 Å². The van der Waals surface area contributed by atoms with Gasteiger partial charge in [0.1, 0.15) is 29.8 Å². The van der Waals surface area contributed by atoms with Crippen LogP contribution in [0.15, 0.2) is 18.6 Å². The highest BCUT2D eigenvalue weighted by atomic mass is 16.6. The average Bonchev–Trinajstić information content (AvgIpc) is 2.99. The van der Waals surface area contributed by atoms with Crippen LogP contribution in [-0.4, -0.2) is 59.5 Å². The first-order valence-corrected chi connectivity index (χ1v) is 6.39. The minimum absolute atomic E-state index is 0.218. The average molecular weight is 296 g/mol. The Morgan fingerprint density at radius 2 is 2.24 bits per heavy atom. The molecule has 1 aliphatic heterocycles. The van der Waals surface area contributed by atoms with Crippen LogP contribution in [0.1, 0.15) is 13.2 Å². The summed E-state index contributed by atoms with van der Waals surface area (Å²) in [4.78, 5) is 7.97. The predicted octanol–water partition coefficient (Wildman–Crippen LogP) is -0.766. The molecule has 1 fully saturated rings. The van der Waals surface area contributed by atoms with Crippen LogP contribution < -0.4 is 5.48 Å². The van der Waals surface area contributed by atoms with E-state index in [1.54, 1.807) is 12.3 Å². The summed E-state index contributed by atoms with van der Waals surface area (Å²) in [5, 5.41) is 39.3. The van der Waals surface area contributed by atoms with Crippen molar-refractivity contribution in [3.63, 3.8) is 0 Å². The van der Waals surface area contributed by atoms with Crippen LogP contribution in [0.3, 0.4) is 0 Å². The highest BCUT2D eigenvalue weighted by molar-refractivity contribution is 5.86. The molecule has 1 saturated heterocycles. The van der Waals surface area contributed by atoms with E-state index in [1.165, 1.54) is 17.8 Å². The van der Waals surface area contributed by atoms with Gasteiger partial charge in [-0.15, -0.1) is 0 Å². The normalized spacial score (nSPS) is 32.7. The summed E-state index contributed by atoms with van der Waals surface area (Å²) in [5.74, 6) is 0.218. The topological polar surface area (TPSA) is 133 Å². The van der Waals surface area contributed by atoms with E-state index in [2.05, 4.69) is 9.97 Å². The number of fused-ring (bicyclic) bond motifs is 1. The molecule has 0 bridgehead atoms. The van der Waals surface area contributed by atoms with E-state index in [1.807, 2.05) is 5.48 Å². The van der Waals surface area contributed by atoms with E-state index in [0.717, 1.165) is 0 Å². The molecular formula is C12H16N4O5. The maximum absolute atomic E-state index is 10.5. The zero-order valence-electron chi connectivity index (χ0n) is 11.2. The molecule has 1 aliphatic rings. The van der Waals surface area contributed by atoms with Crippen molar-refractivity contribution in [3.05, 3.63) is 18.6 Å². The van der Waals surface area contributed by atoms with Crippen molar-refractivity contribution in [3.8, 4) is 0 Å². The molecule has 9 nitrogen and oxygen atoms in total. The summed E-state index contributed by atoms with van der Waals surface area (Å²) in [6.07, 6.45) is -0.196. The SMILES string of the molecule is CC1(O)C(O)C(CO)OC1n1ccc2c(NO)ncnc21. The molecule has 0 radical (unpaired) electrons. The number of anilines is 1. The third-order valence-corrected chi connectivity index (χ3v) is 3.80. The molecule has 114 valence electrons. The Morgan fingerprint density at radius 1 is 1.48 bits per heavy atom. The number of rotatable bonds is 3. The van der Waals surface area contributed by atoms with E-state index in [-0.39, 0.29) is 5.82 Å². The van der Waals surface area contributed by atoms with Gasteiger partial charge in [-0.1, -0.05) is 0 Å². The number of aliphatic hydroxyl groups excluding tert-OH is 2. The fourth-order valence-electron chi connectivity index (χ4n) is 2.64. The van der Waals surface area contributed by atoms with Gasteiger partial charge in [-0.05, 0) is 13.0 Å². The largest absolute Gasteiger partial charge is 0.394 e. The maximum Gasteiger partial charge on any atom is 0.167 e. The molecule has 4 atom stereocenters. The Morgan fingerprint density at radius 3 is 2.86 bits per heavy atom. The molecule has 5 N–H and O–H groups in total. The number of aliphatic hydroxyl groups is 3. The quantitative estimate of drug-likeness (QED) is 0.467. The first-order chi connectivity index (χ1) is 10.0. The lowest BCUT2D eigenvalue weighted by Gasteiger charge is -2.27. The summed E-state index contributed by atoms with van der Waals surface area (Å²) in [6.45, 7) is 1.02. The van der Waals surface area contributed by atoms with E-state index >= 15 is 0 Å². The second-order valence-corrected chi connectivity index (χ2v) is 5.17. The fraction of sp³-hybridized carbons (Fsp3) is 0.500. The van der Waals surface area contributed by atoms with Gasteiger partial charge in [0.25, 0.3) is 0 Å². The minimum atomic E-state index is -1.60. The van der Waals surface area contributed by atoms with Crippen molar-refractivity contribution in [2.75, 3.05) is 12.1 Å². The number of hydrogen-bond acceptors (Lipinski definition) is 8. The van der Waals surface area contributed by atoms with Crippen LogP contribution in [0.25, 0.3) is 11.0 Å². The second-order valence-electron chi connectivity index (χ2n) is 5.17. The van der Waals surface area contributed by atoms with E-state index in [4.69, 9.17) is 9.94 Å². The summed E-state index contributed by atoms with van der Waals surface area (Å²) >= 11 is 0. The van der Waals surface area contributed by atoms with Crippen LogP contribution in [0.4, 0.5) is 5.82 Å². The smallest absolute Gasteiger partial charge is 0.167 e. The zero-order chi connectivity index (χ0) is 15.2. The van der Waals surface area contributed by atoms with Crippen molar-refractivity contribution >= 4 is 16.9 Å². The zero-order valence-corrected chi connectivity index (χ0v) is 11.2. The number of aromatic nitrogens is 3. The van der Waals surface area contributed by atoms with E-state index in [9.17, 15) is 15.3 Å². The van der Waals surface area contributed by atoms with E-state index < -0.39 is 30.6 Å². The number of nitrogens with zero attached hydrogens (tertiary/aromatic N) is 3. The molecule has 4 unspecified atom stereocenters. The Labute approximate surface area is 119 Å². The Bertz CT molecular complexity index is 658. The summed E-state index contributed by atoms with van der Waals surface area (Å²) in [5.41, 5.74) is 0.781. The molecule has 2 aromatic heterocycles. The van der Waals surface area contributed by atoms with Gasteiger partial charge < -0.3 is 24.6 Å². The standard InChI is InChI=1S/C12H16N4O5/c1-12(19)8(18)7(4-17)21-11(12)16-3-2-6-9(15-20)13-5-14-10(6)16/h2-3,5,7-8,11,17-20H,4H2,1H3,(H,13,14,15). The molecule has 0 spiro atoms. The van der Waals surface area contributed by atoms with Gasteiger partial charge in [0.05, 0.1) is 12.0 Å². The molecule has 21 heavy (non-hydrogen) atoms. The highest BCUT2D eigenvalue weighted by Gasteiger charge is 2.53.